The van der Waals surface area contributed by atoms with Crippen LogP contribution in [0.2, 0.25) is 0 Å². The standard InChI is InChI=1S/C15H28N2O3/c1-12(15(19)20-3)11-17(2)10-9-14(18)16-13-7-5-4-6-8-13/h12-13H,4-11H2,1-3H3,(H,16,18). The Balaban J connectivity index is 2.17. The maximum atomic E-state index is 11.9. The zero-order valence-corrected chi connectivity index (χ0v) is 13.0. The van der Waals surface area contributed by atoms with Crippen molar-refractivity contribution in [1.29, 1.82) is 0 Å². The van der Waals surface area contributed by atoms with Crippen LogP contribution in [0, 0.1) is 5.92 Å². The normalized spacial score (nSPS) is 17.8. The Morgan fingerprint density at radius 1 is 1.30 bits per heavy atom. The van der Waals surface area contributed by atoms with Crippen molar-refractivity contribution in [2.45, 2.75) is 51.5 Å². The Kier molecular flexibility index (Phi) is 7.59. The highest BCUT2D eigenvalue weighted by molar-refractivity contribution is 5.76. The summed E-state index contributed by atoms with van der Waals surface area (Å²) in [5.74, 6) is -0.246. The average molecular weight is 284 g/mol. The van der Waals surface area contributed by atoms with Crippen molar-refractivity contribution < 1.29 is 14.3 Å². The Morgan fingerprint density at radius 3 is 2.55 bits per heavy atom. The molecule has 0 aromatic rings. The highest BCUT2D eigenvalue weighted by Gasteiger charge is 2.18. The van der Waals surface area contributed by atoms with Gasteiger partial charge in [-0.05, 0) is 19.9 Å². The van der Waals surface area contributed by atoms with Crippen LogP contribution in [0.1, 0.15) is 45.4 Å². The van der Waals surface area contributed by atoms with Gasteiger partial charge in [0.2, 0.25) is 5.91 Å². The molecule has 0 heterocycles. The van der Waals surface area contributed by atoms with E-state index < -0.39 is 0 Å². The lowest BCUT2D eigenvalue weighted by Crippen LogP contribution is -2.38. The molecule has 116 valence electrons. The molecule has 1 amide bonds. The van der Waals surface area contributed by atoms with Gasteiger partial charge in [-0.15, -0.1) is 0 Å². The molecule has 0 saturated heterocycles. The summed E-state index contributed by atoms with van der Waals surface area (Å²) in [6, 6.07) is 0.371. The summed E-state index contributed by atoms with van der Waals surface area (Å²) in [6.07, 6.45) is 6.45. The zero-order valence-electron chi connectivity index (χ0n) is 13.0. The lowest BCUT2D eigenvalue weighted by Gasteiger charge is -2.24. The quantitative estimate of drug-likeness (QED) is 0.721. The Hall–Kier alpha value is -1.10. The molecule has 0 radical (unpaired) electrons. The number of hydrogen-bond donors (Lipinski definition) is 1. The van der Waals surface area contributed by atoms with Crippen molar-refractivity contribution >= 4 is 11.9 Å². The molecule has 1 atom stereocenters. The highest BCUT2D eigenvalue weighted by Crippen LogP contribution is 2.17. The molecule has 5 nitrogen and oxygen atoms in total. The molecule has 1 unspecified atom stereocenters. The van der Waals surface area contributed by atoms with E-state index in [1.807, 2.05) is 18.9 Å². The predicted octanol–water partition coefficient (Wildman–Crippen LogP) is 1.57. The van der Waals surface area contributed by atoms with Crippen LogP contribution >= 0.6 is 0 Å². The van der Waals surface area contributed by atoms with Gasteiger partial charge in [-0.1, -0.05) is 26.2 Å². The summed E-state index contributed by atoms with van der Waals surface area (Å²) in [6.45, 7) is 3.12. The van der Waals surface area contributed by atoms with Crippen molar-refractivity contribution in [3.8, 4) is 0 Å². The zero-order chi connectivity index (χ0) is 15.0. The second kappa shape index (κ2) is 8.95. The van der Waals surface area contributed by atoms with Gasteiger partial charge < -0.3 is 15.0 Å². The number of ether oxygens (including phenoxy) is 1. The molecule has 0 aliphatic heterocycles. The maximum Gasteiger partial charge on any atom is 0.309 e. The van der Waals surface area contributed by atoms with Crippen molar-refractivity contribution in [3.63, 3.8) is 0 Å². The number of nitrogens with one attached hydrogen (secondary N) is 1. The first-order valence-corrected chi connectivity index (χ1v) is 7.58. The number of carbonyl (C=O) groups is 2. The number of esters is 1. The first kappa shape index (κ1) is 17.0. The van der Waals surface area contributed by atoms with Gasteiger partial charge >= 0.3 is 5.97 Å². The molecule has 0 aromatic carbocycles. The third-order valence-electron chi connectivity index (χ3n) is 3.88. The molecule has 1 aliphatic carbocycles. The van der Waals surface area contributed by atoms with Crippen molar-refractivity contribution in [2.24, 2.45) is 5.92 Å². The predicted molar refractivity (Wildman–Crippen MR) is 78.3 cm³/mol. The minimum Gasteiger partial charge on any atom is -0.469 e. The summed E-state index contributed by atoms with van der Waals surface area (Å²) >= 11 is 0. The molecule has 1 saturated carbocycles. The van der Waals surface area contributed by atoms with Crippen LogP contribution in [-0.2, 0) is 14.3 Å². The molecule has 0 spiro atoms. The van der Waals surface area contributed by atoms with E-state index in [1.165, 1.54) is 26.4 Å². The Morgan fingerprint density at radius 2 is 1.95 bits per heavy atom. The van der Waals surface area contributed by atoms with Gasteiger partial charge in [0.05, 0.1) is 13.0 Å². The summed E-state index contributed by atoms with van der Waals surface area (Å²) in [5, 5.41) is 3.10. The largest absolute Gasteiger partial charge is 0.469 e. The van der Waals surface area contributed by atoms with E-state index in [2.05, 4.69) is 5.32 Å². The molecule has 0 aromatic heterocycles. The average Bonchev–Trinajstić information content (AvgIpc) is 2.45. The van der Waals surface area contributed by atoms with Gasteiger partial charge in [0.15, 0.2) is 0 Å². The fourth-order valence-electron chi connectivity index (χ4n) is 2.67. The number of nitrogens with zero attached hydrogens (tertiary/aromatic N) is 1. The van der Waals surface area contributed by atoms with E-state index in [0.29, 0.717) is 25.6 Å². The minimum atomic E-state index is -0.205. The number of carbonyl (C=O) groups excluding carboxylic acids is 2. The molecule has 1 fully saturated rings. The van der Waals surface area contributed by atoms with Crippen molar-refractivity contribution in [3.05, 3.63) is 0 Å². The van der Waals surface area contributed by atoms with E-state index in [1.54, 1.807) is 0 Å². The van der Waals surface area contributed by atoms with E-state index >= 15 is 0 Å². The van der Waals surface area contributed by atoms with E-state index in [9.17, 15) is 9.59 Å². The summed E-state index contributed by atoms with van der Waals surface area (Å²) in [4.78, 5) is 25.2. The monoisotopic (exact) mass is 284 g/mol. The first-order valence-electron chi connectivity index (χ1n) is 7.58. The first-order chi connectivity index (χ1) is 9.52. The van der Waals surface area contributed by atoms with Crippen LogP contribution in [0.3, 0.4) is 0 Å². The van der Waals surface area contributed by atoms with Crippen LogP contribution in [0.5, 0.6) is 0 Å². The van der Waals surface area contributed by atoms with Gasteiger partial charge in [0.1, 0.15) is 0 Å². The number of rotatable bonds is 7. The third-order valence-corrected chi connectivity index (χ3v) is 3.88. The Labute approximate surface area is 122 Å². The van der Waals surface area contributed by atoms with Crippen molar-refractivity contribution in [2.75, 3.05) is 27.2 Å². The molecule has 0 bridgehead atoms. The van der Waals surface area contributed by atoms with Crippen LogP contribution in [0.4, 0.5) is 0 Å². The summed E-state index contributed by atoms with van der Waals surface area (Å²) in [7, 11) is 3.32. The van der Waals surface area contributed by atoms with Crippen LogP contribution in [0.15, 0.2) is 0 Å². The van der Waals surface area contributed by atoms with Crippen LogP contribution in [-0.4, -0.2) is 50.1 Å². The van der Waals surface area contributed by atoms with Crippen molar-refractivity contribution in [1.82, 2.24) is 10.2 Å². The lowest BCUT2D eigenvalue weighted by molar-refractivity contribution is -0.145. The summed E-state index contributed by atoms with van der Waals surface area (Å²) < 4.78 is 4.69. The van der Waals surface area contributed by atoms with E-state index in [-0.39, 0.29) is 17.8 Å². The van der Waals surface area contributed by atoms with Gasteiger partial charge in [-0.3, -0.25) is 9.59 Å². The molecular weight excluding hydrogens is 256 g/mol. The van der Waals surface area contributed by atoms with Gasteiger partial charge in [-0.25, -0.2) is 0 Å². The van der Waals surface area contributed by atoms with Gasteiger partial charge in [0, 0.05) is 25.6 Å². The minimum absolute atomic E-state index is 0.120. The number of methoxy groups -OCH3 is 1. The van der Waals surface area contributed by atoms with Crippen LogP contribution in [0.25, 0.3) is 0 Å². The second-order valence-corrected chi connectivity index (χ2v) is 5.84. The van der Waals surface area contributed by atoms with Crippen LogP contribution < -0.4 is 5.32 Å². The molecule has 1 aliphatic rings. The summed E-state index contributed by atoms with van der Waals surface area (Å²) in [5.41, 5.74) is 0. The molecule has 1 N–H and O–H groups in total. The smallest absolute Gasteiger partial charge is 0.309 e. The van der Waals surface area contributed by atoms with Gasteiger partial charge in [-0.2, -0.15) is 0 Å². The number of amides is 1. The van der Waals surface area contributed by atoms with E-state index in [0.717, 1.165) is 12.8 Å². The third kappa shape index (κ3) is 6.37. The number of hydrogen-bond acceptors (Lipinski definition) is 4. The second-order valence-electron chi connectivity index (χ2n) is 5.84. The van der Waals surface area contributed by atoms with Gasteiger partial charge in [0.25, 0.3) is 0 Å². The topological polar surface area (TPSA) is 58.6 Å². The molecule has 1 rings (SSSR count). The fraction of sp³-hybridized carbons (Fsp3) is 0.867. The molecule has 5 heteroatoms. The molecular formula is C15H28N2O3. The van der Waals surface area contributed by atoms with E-state index in [4.69, 9.17) is 4.74 Å². The maximum absolute atomic E-state index is 11.9. The lowest BCUT2D eigenvalue weighted by atomic mass is 9.95. The SMILES string of the molecule is COC(=O)C(C)CN(C)CCC(=O)NC1CCCCC1. The highest BCUT2D eigenvalue weighted by atomic mass is 16.5. The Bertz CT molecular complexity index is 314. The molecule has 20 heavy (non-hydrogen) atoms. The fourth-order valence-corrected chi connectivity index (χ4v) is 2.67.